The molecule has 0 radical (unpaired) electrons. The molecule has 0 fully saturated rings. The number of aromatic hydroxyl groups is 1. The van der Waals surface area contributed by atoms with Crippen LogP contribution in [0.5, 0.6) is 17.2 Å². The fourth-order valence-corrected chi connectivity index (χ4v) is 2.69. The molecule has 0 aliphatic heterocycles. The van der Waals surface area contributed by atoms with Crippen LogP contribution in [-0.4, -0.2) is 29.3 Å². The van der Waals surface area contributed by atoms with E-state index in [0.29, 0.717) is 29.3 Å². The molecule has 0 aliphatic carbocycles. The van der Waals surface area contributed by atoms with Crippen molar-refractivity contribution in [2.24, 2.45) is 0 Å². The van der Waals surface area contributed by atoms with E-state index in [1.165, 1.54) is 0 Å². The number of nitrogens with two attached hydrogens (primary N) is 2. The van der Waals surface area contributed by atoms with Crippen molar-refractivity contribution in [3.8, 4) is 29.1 Å². The Morgan fingerprint density at radius 2 is 1.79 bits per heavy atom. The first-order chi connectivity index (χ1) is 13.5. The van der Waals surface area contributed by atoms with Gasteiger partial charge in [-0.1, -0.05) is 11.8 Å². The number of phenols is 1. The largest absolute Gasteiger partial charge is 0.508 e. The van der Waals surface area contributed by atoms with Gasteiger partial charge in [-0.2, -0.15) is 4.98 Å². The molecule has 0 spiro atoms. The SMILES string of the molecule is COc1cc(Cc2cnc(N)nc2N)cc(C#Cc2ccc(O)cc2)c1OC. The number of phenolic OH excluding ortho intramolecular Hbond substituents is 1. The standard InChI is InChI=1S/C21H20N4O3/c1-27-18-11-14(10-16-12-24-21(23)25-20(16)22)9-15(19(18)28-2)6-3-13-4-7-17(26)8-5-13/h4-5,7-9,11-12,26H,10H2,1-2H3,(H4,22,23,24,25). The summed E-state index contributed by atoms with van der Waals surface area (Å²) in [6.07, 6.45) is 2.09. The average molecular weight is 376 g/mol. The van der Waals surface area contributed by atoms with Gasteiger partial charge in [0.1, 0.15) is 11.6 Å². The highest BCUT2D eigenvalue weighted by molar-refractivity contribution is 5.59. The van der Waals surface area contributed by atoms with Crippen LogP contribution >= 0.6 is 0 Å². The lowest BCUT2D eigenvalue weighted by Gasteiger charge is -2.13. The number of anilines is 2. The summed E-state index contributed by atoms with van der Waals surface area (Å²) >= 11 is 0. The molecular weight excluding hydrogens is 356 g/mol. The highest BCUT2D eigenvalue weighted by atomic mass is 16.5. The monoisotopic (exact) mass is 376 g/mol. The molecule has 3 aromatic rings. The Kier molecular flexibility index (Phi) is 5.51. The summed E-state index contributed by atoms with van der Waals surface area (Å²) < 4.78 is 11.0. The molecule has 0 unspecified atom stereocenters. The van der Waals surface area contributed by atoms with Crippen molar-refractivity contribution in [3.05, 3.63) is 64.8 Å². The van der Waals surface area contributed by atoms with Crippen LogP contribution in [0.25, 0.3) is 0 Å². The van der Waals surface area contributed by atoms with Crippen LogP contribution < -0.4 is 20.9 Å². The Balaban J connectivity index is 2.01. The second-order valence-corrected chi connectivity index (χ2v) is 5.99. The van der Waals surface area contributed by atoms with Gasteiger partial charge in [-0.15, -0.1) is 0 Å². The molecule has 3 rings (SSSR count). The number of hydrogen-bond donors (Lipinski definition) is 3. The van der Waals surface area contributed by atoms with Gasteiger partial charge in [-0.25, -0.2) is 4.98 Å². The van der Waals surface area contributed by atoms with Crippen LogP contribution in [0.4, 0.5) is 11.8 Å². The Bertz CT molecular complexity index is 1050. The van der Waals surface area contributed by atoms with Gasteiger partial charge in [0.05, 0.1) is 19.8 Å². The fourth-order valence-electron chi connectivity index (χ4n) is 2.69. The first-order valence-electron chi connectivity index (χ1n) is 8.43. The van der Waals surface area contributed by atoms with Gasteiger partial charge in [0, 0.05) is 23.7 Å². The third-order valence-electron chi connectivity index (χ3n) is 4.06. The molecule has 0 amide bonds. The number of hydrogen-bond acceptors (Lipinski definition) is 7. The molecule has 0 saturated heterocycles. The molecule has 0 saturated carbocycles. The third kappa shape index (κ3) is 4.24. The summed E-state index contributed by atoms with van der Waals surface area (Å²) in [6.45, 7) is 0. The number of nitrogens with zero attached hydrogens (tertiary/aromatic N) is 2. The van der Waals surface area contributed by atoms with Crippen molar-refractivity contribution < 1.29 is 14.6 Å². The van der Waals surface area contributed by atoms with Crippen LogP contribution in [0, 0.1) is 11.8 Å². The predicted octanol–water partition coefficient (Wildman–Crippen LogP) is 2.35. The van der Waals surface area contributed by atoms with E-state index in [9.17, 15) is 5.11 Å². The minimum absolute atomic E-state index is 0.133. The van der Waals surface area contributed by atoms with Crippen molar-refractivity contribution in [3.63, 3.8) is 0 Å². The van der Waals surface area contributed by atoms with Crippen LogP contribution in [0.1, 0.15) is 22.3 Å². The molecule has 7 heteroatoms. The third-order valence-corrected chi connectivity index (χ3v) is 4.06. The number of methoxy groups -OCH3 is 2. The van der Waals surface area contributed by atoms with Crippen molar-refractivity contribution in [2.75, 3.05) is 25.7 Å². The maximum absolute atomic E-state index is 9.40. The van der Waals surface area contributed by atoms with Crippen LogP contribution in [0.3, 0.4) is 0 Å². The first-order valence-corrected chi connectivity index (χ1v) is 8.43. The second kappa shape index (κ2) is 8.18. The van der Waals surface area contributed by atoms with Crippen molar-refractivity contribution in [1.82, 2.24) is 9.97 Å². The molecule has 2 aromatic carbocycles. The quantitative estimate of drug-likeness (QED) is 0.598. The average Bonchev–Trinajstić information content (AvgIpc) is 2.69. The summed E-state index contributed by atoms with van der Waals surface area (Å²) in [7, 11) is 3.13. The number of benzene rings is 2. The summed E-state index contributed by atoms with van der Waals surface area (Å²) in [4.78, 5) is 7.99. The fraction of sp³-hybridized carbons (Fsp3) is 0.143. The van der Waals surface area contributed by atoms with Gasteiger partial charge < -0.3 is 26.0 Å². The number of nitrogen functional groups attached to an aromatic ring is 2. The Labute approximate surface area is 163 Å². The maximum atomic E-state index is 9.40. The topological polar surface area (TPSA) is 117 Å². The van der Waals surface area contributed by atoms with Crippen molar-refractivity contribution in [1.29, 1.82) is 0 Å². The Morgan fingerprint density at radius 1 is 1.04 bits per heavy atom. The van der Waals surface area contributed by atoms with E-state index in [4.69, 9.17) is 20.9 Å². The van der Waals surface area contributed by atoms with Gasteiger partial charge in [0.2, 0.25) is 5.95 Å². The summed E-state index contributed by atoms with van der Waals surface area (Å²) in [6, 6.07) is 10.4. The Hall–Kier alpha value is -3.92. The molecule has 0 bridgehead atoms. The smallest absolute Gasteiger partial charge is 0.221 e. The minimum atomic E-state index is 0.133. The van der Waals surface area contributed by atoms with Crippen LogP contribution in [0.15, 0.2) is 42.6 Å². The molecule has 1 aromatic heterocycles. The number of aromatic nitrogens is 2. The Morgan fingerprint density at radius 3 is 2.43 bits per heavy atom. The lowest BCUT2D eigenvalue weighted by Crippen LogP contribution is -2.04. The zero-order chi connectivity index (χ0) is 20.1. The highest BCUT2D eigenvalue weighted by Crippen LogP contribution is 2.33. The summed E-state index contributed by atoms with van der Waals surface area (Å²) in [5.41, 5.74) is 14.6. The van der Waals surface area contributed by atoms with Crippen molar-refractivity contribution in [2.45, 2.75) is 6.42 Å². The van der Waals surface area contributed by atoms with E-state index >= 15 is 0 Å². The van der Waals surface area contributed by atoms with E-state index in [2.05, 4.69) is 21.8 Å². The molecule has 1 heterocycles. The van der Waals surface area contributed by atoms with Crippen LogP contribution in [0.2, 0.25) is 0 Å². The molecule has 5 N–H and O–H groups in total. The van der Waals surface area contributed by atoms with Crippen molar-refractivity contribution >= 4 is 11.8 Å². The summed E-state index contributed by atoms with van der Waals surface area (Å²) in [5.74, 6) is 7.92. The highest BCUT2D eigenvalue weighted by Gasteiger charge is 2.13. The van der Waals surface area contributed by atoms with E-state index in [1.54, 1.807) is 44.7 Å². The van der Waals surface area contributed by atoms with Crippen LogP contribution in [-0.2, 0) is 6.42 Å². The molecule has 28 heavy (non-hydrogen) atoms. The normalized spacial score (nSPS) is 10.1. The lowest BCUT2D eigenvalue weighted by molar-refractivity contribution is 0.354. The predicted molar refractivity (Wildman–Crippen MR) is 107 cm³/mol. The number of rotatable bonds is 4. The first kappa shape index (κ1) is 18.9. The zero-order valence-corrected chi connectivity index (χ0v) is 15.6. The minimum Gasteiger partial charge on any atom is -0.508 e. The molecule has 0 aliphatic rings. The second-order valence-electron chi connectivity index (χ2n) is 5.99. The zero-order valence-electron chi connectivity index (χ0n) is 15.6. The van der Waals surface area contributed by atoms with E-state index < -0.39 is 0 Å². The molecular formula is C21H20N4O3. The summed E-state index contributed by atoms with van der Waals surface area (Å²) in [5, 5.41) is 9.40. The van der Waals surface area contributed by atoms with Gasteiger partial charge >= 0.3 is 0 Å². The lowest BCUT2D eigenvalue weighted by atomic mass is 10.0. The van der Waals surface area contributed by atoms with E-state index in [-0.39, 0.29) is 11.7 Å². The van der Waals surface area contributed by atoms with Gasteiger partial charge in [0.25, 0.3) is 0 Å². The number of ether oxygens (including phenoxy) is 2. The van der Waals surface area contributed by atoms with Gasteiger partial charge in [0.15, 0.2) is 11.5 Å². The van der Waals surface area contributed by atoms with E-state index in [1.807, 2.05) is 12.1 Å². The molecule has 7 nitrogen and oxygen atoms in total. The van der Waals surface area contributed by atoms with E-state index in [0.717, 1.165) is 16.7 Å². The van der Waals surface area contributed by atoms with Gasteiger partial charge in [-0.3, -0.25) is 0 Å². The molecule has 142 valence electrons. The van der Waals surface area contributed by atoms with Gasteiger partial charge in [-0.05, 0) is 42.0 Å². The molecule has 0 atom stereocenters. The maximum Gasteiger partial charge on any atom is 0.221 e.